The van der Waals surface area contributed by atoms with E-state index in [1.54, 1.807) is 24.3 Å². The van der Waals surface area contributed by atoms with Gasteiger partial charge in [0, 0.05) is 18.6 Å². The normalized spacial score (nSPS) is 10.2. The van der Waals surface area contributed by atoms with Crippen molar-refractivity contribution in [2.24, 2.45) is 0 Å². The van der Waals surface area contributed by atoms with Crippen molar-refractivity contribution in [2.75, 3.05) is 7.11 Å². The van der Waals surface area contributed by atoms with E-state index in [4.69, 9.17) is 4.74 Å². The number of halogens is 1. The first-order valence-corrected chi connectivity index (χ1v) is 6.10. The Bertz CT molecular complexity index is 683. The third-order valence-corrected chi connectivity index (χ3v) is 3.05. The molecular weight excluding hydrogens is 277 g/mol. The fourth-order valence-electron chi connectivity index (χ4n) is 1.97. The fourth-order valence-corrected chi connectivity index (χ4v) is 1.97. The zero-order valence-electron chi connectivity index (χ0n) is 11.2. The Balaban J connectivity index is 2.39. The zero-order chi connectivity index (χ0) is 15.4. The van der Waals surface area contributed by atoms with Crippen LogP contribution in [0.1, 0.15) is 21.5 Å². The molecule has 0 saturated heterocycles. The van der Waals surface area contributed by atoms with E-state index in [1.165, 1.54) is 7.11 Å². The number of non-ortho nitro benzene ring substituents is 1. The highest BCUT2D eigenvalue weighted by Gasteiger charge is 2.16. The second kappa shape index (κ2) is 6.13. The van der Waals surface area contributed by atoms with Gasteiger partial charge in [0.05, 0.1) is 17.6 Å². The Kier molecular flexibility index (Phi) is 4.27. The van der Waals surface area contributed by atoms with Crippen LogP contribution in [0.4, 0.5) is 10.1 Å². The van der Waals surface area contributed by atoms with E-state index in [0.29, 0.717) is 5.75 Å². The molecule has 5 nitrogen and oxygen atoms in total. The lowest BCUT2D eigenvalue weighted by atomic mass is 10.0. The lowest BCUT2D eigenvalue weighted by molar-refractivity contribution is -0.385. The van der Waals surface area contributed by atoms with E-state index in [-0.39, 0.29) is 29.5 Å². The lowest BCUT2D eigenvalue weighted by Crippen LogP contribution is -2.01. The van der Waals surface area contributed by atoms with Gasteiger partial charge in [0.15, 0.2) is 6.29 Å². The first-order valence-electron chi connectivity index (χ1n) is 6.10. The molecule has 6 heteroatoms. The average molecular weight is 289 g/mol. The number of ether oxygens (including phenoxy) is 1. The SMILES string of the molecule is COc1ccc(Cc2cc([N+](=O)[O-])cc(C=O)c2F)cc1. The van der Waals surface area contributed by atoms with Crippen LogP contribution < -0.4 is 4.74 Å². The van der Waals surface area contributed by atoms with Crippen molar-refractivity contribution >= 4 is 12.0 Å². The number of rotatable bonds is 5. The number of hydrogen-bond donors (Lipinski definition) is 0. The maximum Gasteiger partial charge on any atom is 0.270 e. The van der Waals surface area contributed by atoms with Crippen molar-refractivity contribution in [1.29, 1.82) is 0 Å². The number of benzene rings is 2. The van der Waals surface area contributed by atoms with Crippen LogP contribution in [0.5, 0.6) is 5.75 Å². The van der Waals surface area contributed by atoms with Gasteiger partial charge < -0.3 is 4.74 Å². The molecule has 0 atom stereocenters. The maximum atomic E-state index is 14.1. The number of carbonyl (C=O) groups excluding carboxylic acids is 1. The second-order valence-electron chi connectivity index (χ2n) is 4.41. The van der Waals surface area contributed by atoms with Gasteiger partial charge in [0.25, 0.3) is 5.69 Å². The Labute approximate surface area is 120 Å². The van der Waals surface area contributed by atoms with Gasteiger partial charge in [-0.1, -0.05) is 12.1 Å². The first-order chi connectivity index (χ1) is 10.0. The topological polar surface area (TPSA) is 69.4 Å². The van der Waals surface area contributed by atoms with Gasteiger partial charge in [-0.25, -0.2) is 4.39 Å². The van der Waals surface area contributed by atoms with Crippen LogP contribution in [-0.4, -0.2) is 18.3 Å². The summed E-state index contributed by atoms with van der Waals surface area (Å²) >= 11 is 0. The monoisotopic (exact) mass is 289 g/mol. The Morgan fingerprint density at radius 1 is 1.29 bits per heavy atom. The van der Waals surface area contributed by atoms with E-state index >= 15 is 0 Å². The van der Waals surface area contributed by atoms with Crippen molar-refractivity contribution in [3.05, 3.63) is 69.0 Å². The summed E-state index contributed by atoms with van der Waals surface area (Å²) in [6.07, 6.45) is 0.429. The summed E-state index contributed by atoms with van der Waals surface area (Å²) in [4.78, 5) is 21.0. The highest BCUT2D eigenvalue weighted by atomic mass is 19.1. The molecule has 0 radical (unpaired) electrons. The van der Waals surface area contributed by atoms with Gasteiger partial charge in [-0.3, -0.25) is 14.9 Å². The minimum absolute atomic E-state index is 0.108. The molecule has 0 bridgehead atoms. The molecule has 0 spiro atoms. The van der Waals surface area contributed by atoms with E-state index in [2.05, 4.69) is 0 Å². The average Bonchev–Trinajstić information content (AvgIpc) is 2.49. The van der Waals surface area contributed by atoms with Crippen LogP contribution in [0.3, 0.4) is 0 Å². The Morgan fingerprint density at radius 3 is 2.48 bits per heavy atom. The summed E-state index contributed by atoms with van der Waals surface area (Å²) in [6, 6.07) is 8.97. The summed E-state index contributed by atoms with van der Waals surface area (Å²) in [5.74, 6) is -0.0711. The van der Waals surface area contributed by atoms with Crippen molar-refractivity contribution in [3.63, 3.8) is 0 Å². The summed E-state index contributed by atoms with van der Waals surface area (Å²) in [6.45, 7) is 0. The highest BCUT2D eigenvalue weighted by Crippen LogP contribution is 2.23. The maximum absolute atomic E-state index is 14.1. The number of nitro benzene ring substituents is 1. The molecule has 0 aliphatic rings. The number of carbonyl (C=O) groups is 1. The van der Waals surface area contributed by atoms with Crippen LogP contribution in [0.25, 0.3) is 0 Å². The van der Waals surface area contributed by atoms with Crippen LogP contribution in [0.15, 0.2) is 36.4 Å². The third-order valence-electron chi connectivity index (χ3n) is 3.05. The van der Waals surface area contributed by atoms with E-state index < -0.39 is 10.7 Å². The zero-order valence-corrected chi connectivity index (χ0v) is 11.2. The predicted molar refractivity (Wildman–Crippen MR) is 74.2 cm³/mol. The molecule has 2 rings (SSSR count). The number of aldehydes is 1. The number of nitrogens with zero attached hydrogens (tertiary/aromatic N) is 1. The van der Waals surface area contributed by atoms with Crippen molar-refractivity contribution in [2.45, 2.75) is 6.42 Å². The fraction of sp³-hybridized carbons (Fsp3) is 0.133. The van der Waals surface area contributed by atoms with Crippen LogP contribution in [-0.2, 0) is 6.42 Å². The summed E-state index contributed by atoms with van der Waals surface area (Å²) in [5.41, 5.74) is 0.248. The molecule has 0 unspecified atom stereocenters. The largest absolute Gasteiger partial charge is 0.497 e. The molecule has 108 valence electrons. The number of methoxy groups -OCH3 is 1. The molecule has 0 N–H and O–H groups in total. The Morgan fingerprint density at radius 2 is 1.95 bits per heavy atom. The lowest BCUT2D eigenvalue weighted by Gasteiger charge is -2.07. The molecule has 0 aliphatic heterocycles. The summed E-state index contributed by atoms with van der Waals surface area (Å²) < 4.78 is 19.1. The van der Waals surface area contributed by atoms with Crippen LogP contribution in [0, 0.1) is 15.9 Å². The summed E-state index contributed by atoms with van der Waals surface area (Å²) in [5, 5.41) is 10.8. The number of nitro groups is 1. The molecule has 2 aromatic carbocycles. The highest BCUT2D eigenvalue weighted by molar-refractivity contribution is 5.77. The molecule has 21 heavy (non-hydrogen) atoms. The van der Waals surface area contributed by atoms with Crippen LogP contribution >= 0.6 is 0 Å². The molecule has 2 aromatic rings. The quantitative estimate of drug-likeness (QED) is 0.481. The first kappa shape index (κ1) is 14.6. The van der Waals surface area contributed by atoms with E-state index in [0.717, 1.165) is 17.7 Å². The summed E-state index contributed by atoms with van der Waals surface area (Å²) in [7, 11) is 1.53. The molecule has 0 aromatic heterocycles. The van der Waals surface area contributed by atoms with Gasteiger partial charge in [-0.15, -0.1) is 0 Å². The van der Waals surface area contributed by atoms with Crippen molar-refractivity contribution < 1.29 is 18.8 Å². The van der Waals surface area contributed by atoms with Gasteiger partial charge in [0.2, 0.25) is 0 Å². The van der Waals surface area contributed by atoms with Gasteiger partial charge in [-0.05, 0) is 23.3 Å². The smallest absolute Gasteiger partial charge is 0.270 e. The van der Waals surface area contributed by atoms with Crippen LogP contribution in [0.2, 0.25) is 0 Å². The second-order valence-corrected chi connectivity index (χ2v) is 4.41. The Hall–Kier alpha value is -2.76. The molecule has 0 aliphatic carbocycles. The van der Waals surface area contributed by atoms with Crippen molar-refractivity contribution in [3.8, 4) is 5.75 Å². The standard InChI is InChI=1S/C15H12FNO4/c1-21-14-4-2-10(3-5-14)6-11-7-13(17(19)20)8-12(9-18)15(11)16/h2-5,7-9H,6H2,1H3. The van der Waals surface area contributed by atoms with Crippen molar-refractivity contribution in [1.82, 2.24) is 0 Å². The van der Waals surface area contributed by atoms with Gasteiger partial charge in [-0.2, -0.15) is 0 Å². The molecule has 0 saturated carbocycles. The minimum Gasteiger partial charge on any atom is -0.497 e. The molecule has 0 heterocycles. The van der Waals surface area contributed by atoms with E-state index in [1.807, 2.05) is 0 Å². The molecule has 0 fully saturated rings. The predicted octanol–water partition coefficient (Wildman–Crippen LogP) is 3.15. The molecular formula is C15H12FNO4. The van der Waals surface area contributed by atoms with Gasteiger partial charge >= 0.3 is 0 Å². The number of hydrogen-bond acceptors (Lipinski definition) is 4. The molecule has 0 amide bonds. The third kappa shape index (κ3) is 3.22. The van der Waals surface area contributed by atoms with Gasteiger partial charge in [0.1, 0.15) is 11.6 Å². The van der Waals surface area contributed by atoms with E-state index in [9.17, 15) is 19.3 Å². The minimum atomic E-state index is -0.730.